The Bertz CT molecular complexity index is 229. The molecular formula is C13H27ClN2O. The second-order valence-electron chi connectivity index (χ2n) is 4.40. The van der Waals surface area contributed by atoms with Crippen molar-refractivity contribution in [2.45, 2.75) is 34.1 Å². The van der Waals surface area contributed by atoms with E-state index in [1.54, 1.807) is 6.92 Å². The van der Waals surface area contributed by atoms with Gasteiger partial charge >= 0.3 is 0 Å². The lowest BCUT2D eigenvalue weighted by atomic mass is 10.2. The van der Waals surface area contributed by atoms with Gasteiger partial charge in [-0.15, -0.1) is 0 Å². The first-order chi connectivity index (χ1) is 7.51. The molecule has 0 fully saturated rings. The highest BCUT2D eigenvalue weighted by Gasteiger charge is 2.19. The number of carbonyl (C=O) groups excluding carboxylic acids is 1. The Morgan fingerprint density at radius 3 is 2.00 bits per heavy atom. The maximum atomic E-state index is 11.3. The third-order valence-electron chi connectivity index (χ3n) is 3.49. The van der Waals surface area contributed by atoms with Crippen LogP contribution >= 0.6 is 0 Å². The molecule has 1 N–H and O–H groups in total. The topological polar surface area (TPSA) is 29.1 Å². The van der Waals surface area contributed by atoms with E-state index in [1.165, 1.54) is 19.6 Å². The lowest BCUT2D eigenvalue weighted by molar-refractivity contribution is -0.923. The molecule has 0 radical (unpaired) electrons. The summed E-state index contributed by atoms with van der Waals surface area (Å²) < 4.78 is 1.14. The summed E-state index contributed by atoms with van der Waals surface area (Å²) in [5.41, 5.74) is 0.585. The molecule has 0 unspecified atom stereocenters. The monoisotopic (exact) mass is 262 g/mol. The largest absolute Gasteiger partial charge is 1.00 e. The SMILES string of the molecule is C=C(C)C(=O)NCCC[N+](CC)(CC)CC.[Cl-]. The van der Waals surface area contributed by atoms with Crippen molar-refractivity contribution < 1.29 is 21.7 Å². The van der Waals surface area contributed by atoms with Crippen LogP contribution in [0.2, 0.25) is 0 Å². The molecule has 0 aromatic heterocycles. The highest BCUT2D eigenvalue weighted by molar-refractivity contribution is 5.91. The highest BCUT2D eigenvalue weighted by atomic mass is 35.5. The van der Waals surface area contributed by atoms with Crippen molar-refractivity contribution in [3.8, 4) is 0 Å². The van der Waals surface area contributed by atoms with Crippen molar-refractivity contribution in [3.63, 3.8) is 0 Å². The fourth-order valence-corrected chi connectivity index (χ4v) is 1.91. The van der Waals surface area contributed by atoms with Crippen LogP contribution in [-0.2, 0) is 4.79 Å². The first kappa shape index (κ1) is 18.8. The van der Waals surface area contributed by atoms with Crippen molar-refractivity contribution in [2.24, 2.45) is 0 Å². The van der Waals surface area contributed by atoms with Crippen molar-refractivity contribution in [3.05, 3.63) is 12.2 Å². The van der Waals surface area contributed by atoms with Crippen LogP contribution in [0, 0.1) is 0 Å². The van der Waals surface area contributed by atoms with Crippen LogP contribution in [0.4, 0.5) is 0 Å². The van der Waals surface area contributed by atoms with E-state index < -0.39 is 0 Å². The minimum absolute atomic E-state index is 0. The van der Waals surface area contributed by atoms with Crippen LogP contribution in [0.15, 0.2) is 12.2 Å². The highest BCUT2D eigenvalue weighted by Crippen LogP contribution is 2.06. The predicted molar refractivity (Wildman–Crippen MR) is 69.2 cm³/mol. The summed E-state index contributed by atoms with van der Waals surface area (Å²) in [6.07, 6.45) is 1.04. The molecule has 0 aromatic carbocycles. The zero-order valence-corrected chi connectivity index (χ0v) is 12.4. The summed E-state index contributed by atoms with van der Waals surface area (Å²) in [4.78, 5) is 11.3. The Balaban J connectivity index is 0. The average Bonchev–Trinajstić information content (AvgIpc) is 2.30. The van der Waals surface area contributed by atoms with Crippen LogP contribution < -0.4 is 17.7 Å². The summed E-state index contributed by atoms with van der Waals surface area (Å²) in [7, 11) is 0. The van der Waals surface area contributed by atoms with Gasteiger partial charge in [-0.2, -0.15) is 0 Å². The summed E-state index contributed by atoms with van der Waals surface area (Å²) in [6.45, 7) is 17.5. The van der Waals surface area contributed by atoms with E-state index in [1.807, 2.05) is 0 Å². The molecular weight excluding hydrogens is 236 g/mol. The van der Waals surface area contributed by atoms with Crippen molar-refractivity contribution in [1.82, 2.24) is 5.32 Å². The molecule has 0 aliphatic rings. The third-order valence-corrected chi connectivity index (χ3v) is 3.49. The molecule has 0 rings (SSSR count). The van der Waals surface area contributed by atoms with E-state index in [9.17, 15) is 4.79 Å². The van der Waals surface area contributed by atoms with Gasteiger partial charge in [0.1, 0.15) is 0 Å². The fourth-order valence-electron chi connectivity index (χ4n) is 1.91. The van der Waals surface area contributed by atoms with Gasteiger partial charge in [0, 0.05) is 18.5 Å². The lowest BCUT2D eigenvalue weighted by Crippen LogP contribution is -3.00. The Morgan fingerprint density at radius 1 is 1.18 bits per heavy atom. The zero-order chi connectivity index (χ0) is 12.6. The molecule has 0 aromatic rings. The number of hydrogen-bond acceptors (Lipinski definition) is 1. The van der Waals surface area contributed by atoms with Crippen molar-refractivity contribution in [2.75, 3.05) is 32.7 Å². The number of halogens is 1. The summed E-state index contributed by atoms with van der Waals surface area (Å²) in [6, 6.07) is 0. The van der Waals surface area contributed by atoms with Crippen LogP contribution in [0.1, 0.15) is 34.1 Å². The molecule has 3 nitrogen and oxygen atoms in total. The molecule has 1 amide bonds. The first-order valence-corrected chi connectivity index (χ1v) is 6.30. The lowest BCUT2D eigenvalue weighted by Gasteiger charge is -2.35. The fraction of sp³-hybridized carbons (Fsp3) is 0.769. The Kier molecular flexibility index (Phi) is 10.5. The smallest absolute Gasteiger partial charge is 0.246 e. The number of amides is 1. The van der Waals surface area contributed by atoms with Gasteiger partial charge in [0.15, 0.2) is 0 Å². The van der Waals surface area contributed by atoms with Crippen LogP contribution in [0.25, 0.3) is 0 Å². The van der Waals surface area contributed by atoms with Gasteiger partial charge in [0.25, 0.3) is 0 Å². The van der Waals surface area contributed by atoms with Crippen molar-refractivity contribution in [1.29, 1.82) is 0 Å². The molecule has 0 spiro atoms. The number of nitrogens with zero attached hydrogens (tertiary/aromatic N) is 1. The second-order valence-corrected chi connectivity index (χ2v) is 4.40. The number of hydrogen-bond donors (Lipinski definition) is 1. The molecule has 0 aliphatic carbocycles. The van der Waals surface area contributed by atoms with Gasteiger partial charge in [-0.25, -0.2) is 0 Å². The van der Waals surface area contributed by atoms with Gasteiger partial charge in [-0.3, -0.25) is 4.79 Å². The normalized spacial score (nSPS) is 10.6. The summed E-state index contributed by atoms with van der Waals surface area (Å²) in [5, 5.41) is 2.88. The van der Waals surface area contributed by atoms with E-state index >= 15 is 0 Å². The summed E-state index contributed by atoms with van der Waals surface area (Å²) in [5.74, 6) is -0.0254. The minimum Gasteiger partial charge on any atom is -1.00 e. The summed E-state index contributed by atoms with van der Waals surface area (Å²) >= 11 is 0. The second kappa shape index (κ2) is 9.49. The molecule has 0 saturated heterocycles. The van der Waals surface area contributed by atoms with Gasteiger partial charge in [0.2, 0.25) is 5.91 Å². The number of carbonyl (C=O) groups is 1. The van der Waals surface area contributed by atoms with Crippen LogP contribution in [0.5, 0.6) is 0 Å². The molecule has 0 saturated carbocycles. The zero-order valence-electron chi connectivity index (χ0n) is 11.7. The van der Waals surface area contributed by atoms with E-state index in [0.717, 1.165) is 24.0 Å². The maximum absolute atomic E-state index is 11.3. The standard InChI is InChI=1S/C13H26N2O.ClH/c1-6-15(7-2,8-3)11-9-10-14-13(16)12(4)5;/h4,6-11H2,1-3,5H3;1H. The van der Waals surface area contributed by atoms with E-state index in [4.69, 9.17) is 0 Å². The molecule has 4 heteroatoms. The third kappa shape index (κ3) is 6.69. The number of nitrogens with one attached hydrogen (secondary N) is 1. The van der Waals surface area contributed by atoms with E-state index in [0.29, 0.717) is 5.57 Å². The van der Waals surface area contributed by atoms with Gasteiger partial charge < -0.3 is 22.2 Å². The molecule has 0 heterocycles. The van der Waals surface area contributed by atoms with Crippen LogP contribution in [-0.4, -0.2) is 43.1 Å². The number of rotatable bonds is 8. The number of quaternary nitrogens is 1. The molecule has 0 aliphatic heterocycles. The van der Waals surface area contributed by atoms with Crippen LogP contribution in [0.3, 0.4) is 0 Å². The minimum atomic E-state index is -0.0254. The Hall–Kier alpha value is -0.540. The van der Waals surface area contributed by atoms with Crippen molar-refractivity contribution >= 4 is 5.91 Å². The van der Waals surface area contributed by atoms with E-state index in [2.05, 4.69) is 32.7 Å². The molecule has 102 valence electrons. The molecule has 0 atom stereocenters. The van der Waals surface area contributed by atoms with Gasteiger partial charge in [0.05, 0.1) is 26.2 Å². The Labute approximate surface area is 112 Å². The van der Waals surface area contributed by atoms with E-state index in [-0.39, 0.29) is 18.3 Å². The predicted octanol–water partition coefficient (Wildman–Crippen LogP) is -1.05. The van der Waals surface area contributed by atoms with Gasteiger partial charge in [-0.1, -0.05) is 6.58 Å². The molecule has 0 bridgehead atoms. The van der Waals surface area contributed by atoms with Gasteiger partial charge in [-0.05, 0) is 27.7 Å². The molecule has 17 heavy (non-hydrogen) atoms. The maximum Gasteiger partial charge on any atom is 0.246 e. The quantitative estimate of drug-likeness (QED) is 0.338. The first-order valence-electron chi connectivity index (χ1n) is 6.30. The Morgan fingerprint density at radius 2 is 1.65 bits per heavy atom. The average molecular weight is 263 g/mol.